The fourth-order valence-electron chi connectivity index (χ4n) is 3.50. The number of aromatic amines is 1. The molecule has 3 heterocycles. The summed E-state index contributed by atoms with van der Waals surface area (Å²) in [7, 11) is -3.60. The second-order valence-electron chi connectivity index (χ2n) is 6.01. The Bertz CT molecular complexity index is 612. The van der Waals surface area contributed by atoms with E-state index in [0.29, 0.717) is 17.3 Å². The normalized spacial score (nSPS) is 27.0. The molecule has 2 atom stereocenters. The van der Waals surface area contributed by atoms with Crippen LogP contribution in [0.1, 0.15) is 36.9 Å². The third-order valence-corrected chi connectivity index (χ3v) is 6.13. The van der Waals surface area contributed by atoms with Crippen molar-refractivity contribution < 1.29 is 8.42 Å². The minimum absolute atomic E-state index is 0.00280. The third kappa shape index (κ3) is 2.85. The maximum Gasteiger partial charge on any atom is 0.260 e. The zero-order chi connectivity index (χ0) is 15.0. The van der Waals surface area contributed by atoms with E-state index in [0.717, 1.165) is 25.9 Å². The standard InChI is InChI=1S/C13H23N5O2S/c1-9-12(8-14)13(16-15-9)21(19,20)17-10-4-6-18-5-2-3-11(18)7-10/h10-11,17H,2-8,14H2,1H3,(H,15,16). The molecule has 4 N–H and O–H groups in total. The first kappa shape index (κ1) is 15.0. The first-order valence-electron chi connectivity index (χ1n) is 7.51. The second kappa shape index (κ2) is 5.68. The minimum atomic E-state index is -3.60. The van der Waals surface area contributed by atoms with Crippen molar-refractivity contribution in [3.8, 4) is 0 Å². The molecule has 2 saturated heterocycles. The van der Waals surface area contributed by atoms with E-state index in [1.807, 2.05) is 0 Å². The van der Waals surface area contributed by atoms with Crippen LogP contribution in [0.4, 0.5) is 0 Å². The zero-order valence-corrected chi connectivity index (χ0v) is 13.1. The highest BCUT2D eigenvalue weighted by atomic mass is 32.2. The van der Waals surface area contributed by atoms with E-state index >= 15 is 0 Å². The minimum Gasteiger partial charge on any atom is -0.326 e. The Morgan fingerprint density at radius 2 is 2.24 bits per heavy atom. The number of sulfonamides is 1. The van der Waals surface area contributed by atoms with Crippen LogP contribution in [0.2, 0.25) is 0 Å². The number of aryl methyl sites for hydroxylation is 1. The van der Waals surface area contributed by atoms with Gasteiger partial charge >= 0.3 is 0 Å². The summed E-state index contributed by atoms with van der Waals surface area (Å²) >= 11 is 0. The van der Waals surface area contributed by atoms with Gasteiger partial charge in [-0.15, -0.1) is 0 Å². The van der Waals surface area contributed by atoms with Crippen LogP contribution in [0.15, 0.2) is 5.03 Å². The fourth-order valence-corrected chi connectivity index (χ4v) is 4.99. The van der Waals surface area contributed by atoms with Crippen LogP contribution < -0.4 is 10.5 Å². The van der Waals surface area contributed by atoms with Gasteiger partial charge < -0.3 is 10.6 Å². The van der Waals surface area contributed by atoms with Gasteiger partial charge in [0.1, 0.15) is 0 Å². The number of nitrogens with two attached hydrogens (primary N) is 1. The Labute approximate surface area is 125 Å². The zero-order valence-electron chi connectivity index (χ0n) is 12.3. The average Bonchev–Trinajstić information content (AvgIpc) is 3.03. The molecule has 0 aliphatic carbocycles. The van der Waals surface area contributed by atoms with Crippen molar-refractivity contribution in [2.75, 3.05) is 13.1 Å². The number of H-pyrrole nitrogens is 1. The van der Waals surface area contributed by atoms with Crippen molar-refractivity contribution >= 4 is 10.0 Å². The first-order valence-corrected chi connectivity index (χ1v) is 9.00. The molecule has 21 heavy (non-hydrogen) atoms. The largest absolute Gasteiger partial charge is 0.326 e. The lowest BCUT2D eigenvalue weighted by Crippen LogP contribution is -2.47. The van der Waals surface area contributed by atoms with E-state index in [1.165, 1.54) is 12.8 Å². The van der Waals surface area contributed by atoms with E-state index in [4.69, 9.17) is 5.73 Å². The molecule has 0 radical (unpaired) electrons. The van der Waals surface area contributed by atoms with Crippen LogP contribution in [0.3, 0.4) is 0 Å². The average molecular weight is 313 g/mol. The van der Waals surface area contributed by atoms with Gasteiger partial charge in [0.15, 0.2) is 5.03 Å². The number of rotatable bonds is 4. The van der Waals surface area contributed by atoms with E-state index in [1.54, 1.807) is 6.92 Å². The molecule has 7 nitrogen and oxygen atoms in total. The smallest absolute Gasteiger partial charge is 0.260 e. The molecular formula is C13H23N5O2S. The van der Waals surface area contributed by atoms with E-state index in [9.17, 15) is 8.42 Å². The lowest BCUT2D eigenvalue weighted by molar-refractivity contribution is 0.176. The van der Waals surface area contributed by atoms with E-state index in [2.05, 4.69) is 19.8 Å². The van der Waals surface area contributed by atoms with Gasteiger partial charge in [-0.3, -0.25) is 5.10 Å². The highest BCUT2D eigenvalue weighted by molar-refractivity contribution is 7.89. The van der Waals surface area contributed by atoms with Crippen LogP contribution in [-0.4, -0.2) is 48.7 Å². The first-order chi connectivity index (χ1) is 10.0. The van der Waals surface area contributed by atoms with Crippen LogP contribution in [-0.2, 0) is 16.6 Å². The van der Waals surface area contributed by atoms with Crippen molar-refractivity contribution in [2.45, 2.75) is 56.3 Å². The second-order valence-corrected chi connectivity index (χ2v) is 7.64. The third-order valence-electron chi connectivity index (χ3n) is 4.64. The highest BCUT2D eigenvalue weighted by Crippen LogP contribution is 2.27. The molecule has 118 valence electrons. The summed E-state index contributed by atoms with van der Waals surface area (Å²) in [6.07, 6.45) is 4.14. The molecule has 1 aromatic heterocycles. The van der Waals surface area contributed by atoms with Gasteiger partial charge in [0, 0.05) is 29.9 Å². The van der Waals surface area contributed by atoms with Gasteiger partial charge in [-0.2, -0.15) is 5.10 Å². The number of hydrogen-bond acceptors (Lipinski definition) is 5. The molecule has 0 spiro atoms. The molecular weight excluding hydrogens is 290 g/mol. The van der Waals surface area contributed by atoms with Gasteiger partial charge in [0.2, 0.25) is 0 Å². The molecule has 0 bridgehead atoms. The number of hydrogen-bond donors (Lipinski definition) is 3. The van der Waals surface area contributed by atoms with E-state index in [-0.39, 0.29) is 17.6 Å². The molecule has 3 rings (SSSR count). The van der Waals surface area contributed by atoms with Gasteiger partial charge in [-0.1, -0.05) is 0 Å². The number of aromatic nitrogens is 2. The number of nitrogens with zero attached hydrogens (tertiary/aromatic N) is 2. The Kier molecular flexibility index (Phi) is 4.04. The van der Waals surface area contributed by atoms with Crippen molar-refractivity contribution in [1.29, 1.82) is 0 Å². The van der Waals surface area contributed by atoms with Crippen molar-refractivity contribution in [3.05, 3.63) is 11.3 Å². The summed E-state index contributed by atoms with van der Waals surface area (Å²) in [5.41, 5.74) is 6.92. The highest BCUT2D eigenvalue weighted by Gasteiger charge is 2.34. The lowest BCUT2D eigenvalue weighted by atomic mass is 9.99. The fraction of sp³-hybridized carbons (Fsp3) is 0.769. The van der Waals surface area contributed by atoms with Crippen LogP contribution in [0.5, 0.6) is 0 Å². The topological polar surface area (TPSA) is 104 Å². The molecule has 8 heteroatoms. The van der Waals surface area contributed by atoms with Gasteiger partial charge in [-0.25, -0.2) is 13.1 Å². The van der Waals surface area contributed by atoms with Crippen LogP contribution >= 0.6 is 0 Å². The van der Waals surface area contributed by atoms with Crippen molar-refractivity contribution in [1.82, 2.24) is 19.8 Å². The summed E-state index contributed by atoms with van der Waals surface area (Å²) in [5.74, 6) is 0. The molecule has 2 unspecified atom stereocenters. The predicted molar refractivity (Wildman–Crippen MR) is 79.2 cm³/mol. The summed E-state index contributed by atoms with van der Waals surface area (Å²) in [6, 6.07) is 0.526. The molecule has 0 aromatic carbocycles. The number of fused-ring (bicyclic) bond motifs is 1. The SMILES string of the molecule is Cc1[nH]nc(S(=O)(=O)NC2CCN3CCCC3C2)c1CN. The molecule has 1 aromatic rings. The molecule has 2 aliphatic rings. The summed E-state index contributed by atoms with van der Waals surface area (Å²) in [6.45, 7) is 4.08. The van der Waals surface area contributed by atoms with Gasteiger partial charge in [-0.05, 0) is 45.7 Å². The maximum absolute atomic E-state index is 12.5. The summed E-state index contributed by atoms with van der Waals surface area (Å²) < 4.78 is 27.9. The van der Waals surface area contributed by atoms with Crippen molar-refractivity contribution in [2.24, 2.45) is 5.73 Å². The molecule has 2 aliphatic heterocycles. The quantitative estimate of drug-likeness (QED) is 0.730. The van der Waals surface area contributed by atoms with Crippen LogP contribution in [0, 0.1) is 6.92 Å². The Morgan fingerprint density at radius 3 is 3.00 bits per heavy atom. The summed E-state index contributed by atoms with van der Waals surface area (Å²) in [4.78, 5) is 2.47. The Hall–Kier alpha value is -0.960. The summed E-state index contributed by atoms with van der Waals surface area (Å²) in [5, 5.41) is 6.69. The maximum atomic E-state index is 12.5. The Morgan fingerprint density at radius 1 is 1.43 bits per heavy atom. The predicted octanol–water partition coefficient (Wildman–Crippen LogP) is 0.0819. The lowest BCUT2D eigenvalue weighted by Gasteiger charge is -2.34. The monoisotopic (exact) mass is 313 g/mol. The van der Waals surface area contributed by atoms with Gasteiger partial charge in [0.05, 0.1) is 0 Å². The number of nitrogens with one attached hydrogen (secondary N) is 2. The van der Waals surface area contributed by atoms with Gasteiger partial charge in [0.25, 0.3) is 10.0 Å². The molecule has 2 fully saturated rings. The number of piperidine rings is 1. The Balaban J connectivity index is 1.74. The molecule has 0 saturated carbocycles. The van der Waals surface area contributed by atoms with E-state index < -0.39 is 10.0 Å². The van der Waals surface area contributed by atoms with Crippen molar-refractivity contribution in [3.63, 3.8) is 0 Å². The van der Waals surface area contributed by atoms with Crippen LogP contribution in [0.25, 0.3) is 0 Å². The molecule has 0 amide bonds.